The normalized spacial score (nSPS) is 41.7. The third kappa shape index (κ3) is 1.65. The molecule has 2 aliphatic carbocycles. The molecule has 3 fully saturated rings. The van der Waals surface area contributed by atoms with Gasteiger partial charge in [-0.1, -0.05) is 6.42 Å². The highest BCUT2D eigenvalue weighted by molar-refractivity contribution is 5.85. The maximum Gasteiger partial charge on any atom is 0.313 e. The Hall–Kier alpha value is -1.06. The highest BCUT2D eigenvalue weighted by atomic mass is 16.5. The summed E-state index contributed by atoms with van der Waals surface area (Å²) >= 11 is 0. The molecular formula is C14H21NO3. The number of carbonyl (C=O) groups is 2. The topological polar surface area (TPSA) is 46.6 Å². The molecule has 2 saturated carbocycles. The van der Waals surface area contributed by atoms with E-state index in [4.69, 9.17) is 4.74 Å². The number of hydrogen-bond donors (Lipinski definition) is 0. The fourth-order valence-electron chi connectivity index (χ4n) is 3.96. The number of methoxy groups -OCH3 is 1. The van der Waals surface area contributed by atoms with E-state index in [2.05, 4.69) is 0 Å². The quantitative estimate of drug-likeness (QED) is 0.698. The van der Waals surface area contributed by atoms with E-state index in [1.54, 1.807) is 0 Å². The molecule has 1 heterocycles. The molecule has 3 aliphatic rings. The second kappa shape index (κ2) is 3.97. The lowest BCUT2D eigenvalue weighted by molar-refractivity contribution is -0.151. The highest BCUT2D eigenvalue weighted by Gasteiger charge is 2.58. The average Bonchev–Trinajstić information content (AvgIpc) is 2.75. The lowest BCUT2D eigenvalue weighted by Crippen LogP contribution is -2.36. The Labute approximate surface area is 108 Å². The van der Waals surface area contributed by atoms with Crippen LogP contribution >= 0.6 is 0 Å². The molecule has 0 radical (unpaired) electrons. The summed E-state index contributed by atoms with van der Waals surface area (Å²) in [5.41, 5.74) is -0.492. The molecule has 18 heavy (non-hydrogen) atoms. The van der Waals surface area contributed by atoms with Gasteiger partial charge in [0.2, 0.25) is 5.91 Å². The summed E-state index contributed by atoms with van der Waals surface area (Å²) in [5.74, 6) is 1.69. The molecular weight excluding hydrogens is 230 g/mol. The fraction of sp³-hybridized carbons (Fsp3) is 0.857. The third-order valence-electron chi connectivity index (χ3n) is 5.15. The summed E-state index contributed by atoms with van der Waals surface area (Å²) in [6.45, 7) is 3.15. The molecule has 0 aromatic rings. The minimum atomic E-state index is -0.492. The zero-order chi connectivity index (χ0) is 12.9. The van der Waals surface area contributed by atoms with Gasteiger partial charge in [-0.15, -0.1) is 0 Å². The first-order valence-corrected chi connectivity index (χ1v) is 6.94. The molecule has 3 unspecified atom stereocenters. The predicted molar refractivity (Wildman–Crippen MR) is 65.6 cm³/mol. The number of amides is 1. The highest BCUT2D eigenvalue weighted by Crippen LogP contribution is 2.58. The smallest absolute Gasteiger partial charge is 0.313 e. The molecule has 100 valence electrons. The van der Waals surface area contributed by atoms with Gasteiger partial charge in [0.05, 0.1) is 12.5 Å². The van der Waals surface area contributed by atoms with Crippen LogP contribution in [0.3, 0.4) is 0 Å². The second-order valence-corrected chi connectivity index (χ2v) is 6.35. The Kier molecular flexibility index (Phi) is 2.65. The van der Waals surface area contributed by atoms with Gasteiger partial charge in [0.1, 0.15) is 0 Å². The zero-order valence-corrected chi connectivity index (χ0v) is 11.1. The molecule has 0 aromatic heterocycles. The molecule has 0 N–H and O–H groups in total. The van der Waals surface area contributed by atoms with Gasteiger partial charge in [-0.05, 0) is 38.0 Å². The number of ether oxygens (including phenoxy) is 1. The molecule has 3 atom stereocenters. The van der Waals surface area contributed by atoms with Crippen LogP contribution in [0, 0.1) is 23.2 Å². The van der Waals surface area contributed by atoms with Gasteiger partial charge in [-0.2, -0.15) is 0 Å². The first kappa shape index (κ1) is 12.0. The van der Waals surface area contributed by atoms with Gasteiger partial charge in [0.25, 0.3) is 0 Å². The summed E-state index contributed by atoms with van der Waals surface area (Å²) in [4.78, 5) is 26.0. The molecule has 0 spiro atoms. The molecule has 4 nitrogen and oxygen atoms in total. The van der Waals surface area contributed by atoms with Crippen molar-refractivity contribution < 1.29 is 14.3 Å². The van der Waals surface area contributed by atoms with E-state index in [1.807, 2.05) is 11.8 Å². The van der Waals surface area contributed by atoms with Crippen LogP contribution in [0.4, 0.5) is 0 Å². The molecule has 1 amide bonds. The van der Waals surface area contributed by atoms with Crippen molar-refractivity contribution in [2.75, 3.05) is 20.2 Å². The Morgan fingerprint density at radius 3 is 2.56 bits per heavy atom. The van der Waals surface area contributed by atoms with E-state index in [0.717, 1.165) is 6.42 Å². The van der Waals surface area contributed by atoms with Gasteiger partial charge >= 0.3 is 5.97 Å². The lowest BCUT2D eigenvalue weighted by atomic mass is 9.90. The van der Waals surface area contributed by atoms with Crippen molar-refractivity contribution in [3.05, 3.63) is 0 Å². The zero-order valence-electron chi connectivity index (χ0n) is 11.1. The van der Waals surface area contributed by atoms with Gasteiger partial charge in [0, 0.05) is 19.0 Å². The van der Waals surface area contributed by atoms with Crippen molar-refractivity contribution in [2.45, 2.75) is 32.6 Å². The first-order valence-electron chi connectivity index (χ1n) is 6.94. The van der Waals surface area contributed by atoms with Gasteiger partial charge in [0.15, 0.2) is 0 Å². The van der Waals surface area contributed by atoms with Crippen LogP contribution in [0.5, 0.6) is 0 Å². The minimum absolute atomic E-state index is 0.186. The maximum atomic E-state index is 12.4. The van der Waals surface area contributed by atoms with E-state index >= 15 is 0 Å². The number of hydrogen-bond acceptors (Lipinski definition) is 3. The van der Waals surface area contributed by atoms with Crippen LogP contribution in [0.1, 0.15) is 32.6 Å². The SMILES string of the molecule is COC(=O)C1(C)CCN(C(=O)C2C3CCCC32)C1. The van der Waals surface area contributed by atoms with Gasteiger partial charge in [-0.3, -0.25) is 9.59 Å². The van der Waals surface area contributed by atoms with Crippen LogP contribution < -0.4 is 0 Å². The summed E-state index contributed by atoms with van der Waals surface area (Å²) in [6, 6.07) is 0. The van der Waals surface area contributed by atoms with Crippen molar-refractivity contribution in [1.82, 2.24) is 4.90 Å². The molecule has 1 saturated heterocycles. The maximum absolute atomic E-state index is 12.4. The van der Waals surface area contributed by atoms with Crippen molar-refractivity contribution >= 4 is 11.9 Å². The van der Waals surface area contributed by atoms with Crippen molar-refractivity contribution in [3.8, 4) is 0 Å². The molecule has 3 rings (SSSR count). The van der Waals surface area contributed by atoms with E-state index < -0.39 is 5.41 Å². The summed E-state index contributed by atoms with van der Waals surface area (Å²) in [6.07, 6.45) is 4.47. The van der Waals surface area contributed by atoms with Crippen LogP contribution in [0.2, 0.25) is 0 Å². The summed E-state index contributed by atoms with van der Waals surface area (Å²) in [7, 11) is 1.42. The van der Waals surface area contributed by atoms with Crippen molar-refractivity contribution in [2.24, 2.45) is 23.2 Å². The number of likely N-dealkylation sites (tertiary alicyclic amines) is 1. The Bertz CT molecular complexity index is 385. The Balaban J connectivity index is 1.62. The number of fused-ring (bicyclic) bond motifs is 1. The van der Waals surface area contributed by atoms with Crippen LogP contribution in [-0.2, 0) is 14.3 Å². The Morgan fingerprint density at radius 1 is 1.28 bits per heavy atom. The number of rotatable bonds is 2. The predicted octanol–water partition coefficient (Wildman–Crippen LogP) is 1.44. The van der Waals surface area contributed by atoms with Crippen LogP contribution in [-0.4, -0.2) is 37.0 Å². The molecule has 0 bridgehead atoms. The first-order chi connectivity index (χ1) is 8.57. The molecule has 4 heteroatoms. The van der Waals surface area contributed by atoms with Crippen LogP contribution in [0.15, 0.2) is 0 Å². The number of carbonyl (C=O) groups excluding carboxylic acids is 2. The van der Waals surface area contributed by atoms with E-state index in [-0.39, 0.29) is 17.8 Å². The standard InChI is InChI=1S/C14H21NO3/c1-14(13(17)18-2)6-7-15(8-14)12(16)11-9-4-3-5-10(9)11/h9-11H,3-8H2,1-2H3. The summed E-state index contributed by atoms with van der Waals surface area (Å²) < 4.78 is 4.84. The molecule has 0 aromatic carbocycles. The minimum Gasteiger partial charge on any atom is -0.469 e. The van der Waals surface area contributed by atoms with E-state index in [0.29, 0.717) is 24.9 Å². The average molecular weight is 251 g/mol. The summed E-state index contributed by atoms with van der Waals surface area (Å²) in [5, 5.41) is 0. The van der Waals surface area contributed by atoms with E-state index in [1.165, 1.54) is 26.4 Å². The van der Waals surface area contributed by atoms with E-state index in [9.17, 15) is 9.59 Å². The molecule has 1 aliphatic heterocycles. The largest absolute Gasteiger partial charge is 0.469 e. The Morgan fingerprint density at radius 2 is 1.94 bits per heavy atom. The van der Waals surface area contributed by atoms with Crippen molar-refractivity contribution in [3.63, 3.8) is 0 Å². The number of nitrogens with zero attached hydrogens (tertiary/aromatic N) is 1. The van der Waals surface area contributed by atoms with Gasteiger partial charge < -0.3 is 9.64 Å². The fourth-order valence-corrected chi connectivity index (χ4v) is 3.96. The number of esters is 1. The monoisotopic (exact) mass is 251 g/mol. The lowest BCUT2D eigenvalue weighted by Gasteiger charge is -2.22. The van der Waals surface area contributed by atoms with Crippen LogP contribution in [0.25, 0.3) is 0 Å². The van der Waals surface area contributed by atoms with Gasteiger partial charge in [-0.25, -0.2) is 0 Å². The second-order valence-electron chi connectivity index (χ2n) is 6.35. The van der Waals surface area contributed by atoms with Crippen molar-refractivity contribution in [1.29, 1.82) is 0 Å². The third-order valence-corrected chi connectivity index (χ3v) is 5.15.